The first-order valence-electron chi connectivity index (χ1n) is 7.67. The maximum atomic E-state index is 11.0. The molecule has 3 N–H and O–H groups in total. The van der Waals surface area contributed by atoms with E-state index in [1.54, 1.807) is 6.92 Å². The second-order valence-corrected chi connectivity index (χ2v) is 5.95. The lowest BCUT2D eigenvalue weighted by molar-refractivity contribution is -0.119. The van der Waals surface area contributed by atoms with E-state index >= 15 is 0 Å². The predicted octanol–water partition coefficient (Wildman–Crippen LogP) is 1.51. The second-order valence-electron chi connectivity index (χ2n) is 5.95. The number of carbonyl (C=O) groups excluding carboxylic acids is 1. The number of pyridine rings is 1. The van der Waals surface area contributed by atoms with E-state index in [1.165, 1.54) is 5.56 Å². The van der Waals surface area contributed by atoms with E-state index in [1.807, 2.05) is 6.92 Å². The number of nitrogens with zero attached hydrogens (tertiary/aromatic N) is 2. The largest absolute Gasteiger partial charge is 0.356 e. The minimum absolute atomic E-state index is 0.0545. The molecule has 0 aromatic carbocycles. The van der Waals surface area contributed by atoms with Gasteiger partial charge < -0.3 is 16.0 Å². The fraction of sp³-hybridized carbons (Fsp3) is 0.625. The van der Waals surface area contributed by atoms with Gasteiger partial charge in [0.05, 0.1) is 0 Å². The number of rotatable bonds is 4. The third kappa shape index (κ3) is 3.94. The molecule has 2 heterocycles. The fourth-order valence-corrected chi connectivity index (χ4v) is 2.99. The van der Waals surface area contributed by atoms with E-state index in [2.05, 4.69) is 23.2 Å². The summed E-state index contributed by atoms with van der Waals surface area (Å²) < 4.78 is 0. The fourth-order valence-electron chi connectivity index (χ4n) is 2.99. The number of nitrogens with one attached hydrogen (secondary N) is 1. The van der Waals surface area contributed by atoms with Crippen molar-refractivity contribution in [2.24, 2.45) is 11.7 Å². The van der Waals surface area contributed by atoms with E-state index in [0.717, 1.165) is 49.6 Å². The SMILES string of the molecule is CC(=O)NCC1CCN(c2nc(C)cc(C)c2CN)CC1. The van der Waals surface area contributed by atoms with Gasteiger partial charge in [-0.05, 0) is 44.2 Å². The van der Waals surface area contributed by atoms with Crippen molar-refractivity contribution in [2.75, 3.05) is 24.5 Å². The quantitative estimate of drug-likeness (QED) is 0.882. The van der Waals surface area contributed by atoms with Crippen LogP contribution < -0.4 is 16.0 Å². The first-order valence-corrected chi connectivity index (χ1v) is 7.67. The summed E-state index contributed by atoms with van der Waals surface area (Å²) in [7, 11) is 0. The number of aryl methyl sites for hydroxylation is 2. The Morgan fingerprint density at radius 2 is 2.10 bits per heavy atom. The molecule has 2 rings (SSSR count). The Morgan fingerprint density at radius 3 is 2.67 bits per heavy atom. The van der Waals surface area contributed by atoms with Crippen molar-refractivity contribution < 1.29 is 4.79 Å². The molecular weight excluding hydrogens is 264 g/mol. The van der Waals surface area contributed by atoms with E-state index in [0.29, 0.717) is 12.5 Å². The monoisotopic (exact) mass is 290 g/mol. The van der Waals surface area contributed by atoms with E-state index in [-0.39, 0.29) is 5.91 Å². The summed E-state index contributed by atoms with van der Waals surface area (Å²) in [5, 5.41) is 2.92. The topological polar surface area (TPSA) is 71.2 Å². The van der Waals surface area contributed by atoms with Gasteiger partial charge in [0.15, 0.2) is 0 Å². The van der Waals surface area contributed by atoms with Crippen LogP contribution in [0.25, 0.3) is 0 Å². The summed E-state index contributed by atoms with van der Waals surface area (Å²) in [6.45, 7) is 8.97. The molecule has 5 nitrogen and oxygen atoms in total. The number of amides is 1. The minimum atomic E-state index is 0.0545. The standard InChI is InChI=1S/C16H26N4O/c1-11-8-12(2)19-16(15(11)9-17)20-6-4-14(5-7-20)10-18-13(3)21/h8,14H,4-7,9-10,17H2,1-3H3,(H,18,21). The van der Waals surface area contributed by atoms with Crippen LogP contribution in [0, 0.1) is 19.8 Å². The van der Waals surface area contributed by atoms with Gasteiger partial charge in [-0.2, -0.15) is 0 Å². The molecule has 1 fully saturated rings. The van der Waals surface area contributed by atoms with E-state index in [9.17, 15) is 4.79 Å². The van der Waals surface area contributed by atoms with Gasteiger partial charge >= 0.3 is 0 Å². The average Bonchev–Trinajstić information content (AvgIpc) is 2.45. The number of nitrogens with two attached hydrogens (primary N) is 1. The summed E-state index contributed by atoms with van der Waals surface area (Å²) in [4.78, 5) is 18.0. The van der Waals surface area contributed by atoms with Crippen molar-refractivity contribution in [3.8, 4) is 0 Å². The zero-order valence-corrected chi connectivity index (χ0v) is 13.3. The Labute approximate surface area is 126 Å². The highest BCUT2D eigenvalue weighted by molar-refractivity contribution is 5.72. The Balaban J connectivity index is 2.03. The van der Waals surface area contributed by atoms with Crippen LogP contribution in [0.5, 0.6) is 0 Å². The van der Waals surface area contributed by atoms with Crippen molar-refractivity contribution in [1.82, 2.24) is 10.3 Å². The number of hydrogen-bond acceptors (Lipinski definition) is 4. The summed E-state index contributed by atoms with van der Waals surface area (Å²) in [5.74, 6) is 1.67. The number of aromatic nitrogens is 1. The van der Waals surface area contributed by atoms with E-state index in [4.69, 9.17) is 10.7 Å². The summed E-state index contributed by atoms with van der Waals surface area (Å²) in [5.41, 5.74) is 9.32. The molecule has 1 aliphatic rings. The lowest BCUT2D eigenvalue weighted by atomic mass is 9.96. The van der Waals surface area contributed by atoms with Crippen molar-refractivity contribution >= 4 is 11.7 Å². The molecule has 1 amide bonds. The van der Waals surface area contributed by atoms with Crippen LogP contribution in [0.15, 0.2) is 6.07 Å². The van der Waals surface area contributed by atoms with Crippen LogP contribution in [0.4, 0.5) is 5.82 Å². The van der Waals surface area contributed by atoms with Gasteiger partial charge in [0.25, 0.3) is 0 Å². The number of hydrogen-bond donors (Lipinski definition) is 2. The van der Waals surface area contributed by atoms with Crippen LogP contribution in [0.1, 0.15) is 36.6 Å². The third-order valence-electron chi connectivity index (χ3n) is 4.21. The molecule has 1 saturated heterocycles. The molecule has 0 radical (unpaired) electrons. The lowest BCUT2D eigenvalue weighted by Gasteiger charge is -2.34. The van der Waals surface area contributed by atoms with Gasteiger partial charge in [-0.3, -0.25) is 4.79 Å². The molecular formula is C16H26N4O. The summed E-state index contributed by atoms with van der Waals surface area (Å²) >= 11 is 0. The Morgan fingerprint density at radius 1 is 1.43 bits per heavy atom. The second kappa shape index (κ2) is 6.89. The first-order chi connectivity index (χ1) is 10.0. The number of carbonyl (C=O) groups is 1. The maximum Gasteiger partial charge on any atom is 0.216 e. The maximum absolute atomic E-state index is 11.0. The van der Waals surface area contributed by atoms with Crippen LogP contribution in [-0.4, -0.2) is 30.5 Å². The predicted molar refractivity (Wildman–Crippen MR) is 85.2 cm³/mol. The molecule has 5 heteroatoms. The van der Waals surface area contributed by atoms with Gasteiger partial charge in [0.1, 0.15) is 5.82 Å². The molecule has 21 heavy (non-hydrogen) atoms. The molecule has 116 valence electrons. The Kier molecular flexibility index (Phi) is 5.17. The first kappa shape index (κ1) is 15.8. The minimum Gasteiger partial charge on any atom is -0.356 e. The molecule has 0 bridgehead atoms. The van der Waals surface area contributed by atoms with Crippen LogP contribution >= 0.6 is 0 Å². The lowest BCUT2D eigenvalue weighted by Crippen LogP contribution is -2.39. The highest BCUT2D eigenvalue weighted by Crippen LogP contribution is 2.26. The summed E-state index contributed by atoms with van der Waals surface area (Å²) in [6.07, 6.45) is 2.16. The van der Waals surface area contributed by atoms with Gasteiger partial charge in [-0.1, -0.05) is 0 Å². The Bertz CT molecular complexity index is 507. The zero-order chi connectivity index (χ0) is 15.4. The molecule has 0 saturated carbocycles. The van der Waals surface area contributed by atoms with Crippen molar-refractivity contribution in [2.45, 2.75) is 40.2 Å². The molecule has 1 aromatic rings. The average molecular weight is 290 g/mol. The van der Waals surface area contributed by atoms with Crippen molar-refractivity contribution in [1.29, 1.82) is 0 Å². The Hall–Kier alpha value is -1.62. The molecule has 0 unspecified atom stereocenters. The van der Waals surface area contributed by atoms with Gasteiger partial charge in [-0.25, -0.2) is 4.98 Å². The highest BCUT2D eigenvalue weighted by Gasteiger charge is 2.22. The zero-order valence-electron chi connectivity index (χ0n) is 13.3. The van der Waals surface area contributed by atoms with Crippen molar-refractivity contribution in [3.63, 3.8) is 0 Å². The van der Waals surface area contributed by atoms with E-state index < -0.39 is 0 Å². The highest BCUT2D eigenvalue weighted by atomic mass is 16.1. The summed E-state index contributed by atoms with van der Waals surface area (Å²) in [6, 6.07) is 2.09. The number of anilines is 1. The number of piperidine rings is 1. The van der Waals surface area contributed by atoms with Crippen molar-refractivity contribution in [3.05, 3.63) is 22.9 Å². The van der Waals surface area contributed by atoms with Gasteiger partial charge in [0, 0.05) is 44.4 Å². The smallest absolute Gasteiger partial charge is 0.216 e. The van der Waals surface area contributed by atoms with Gasteiger partial charge in [0.2, 0.25) is 5.91 Å². The van der Waals surface area contributed by atoms with Crippen LogP contribution in [-0.2, 0) is 11.3 Å². The van der Waals surface area contributed by atoms with Crippen LogP contribution in [0.2, 0.25) is 0 Å². The molecule has 1 aliphatic heterocycles. The molecule has 1 aromatic heterocycles. The molecule has 0 aliphatic carbocycles. The third-order valence-corrected chi connectivity index (χ3v) is 4.21. The van der Waals surface area contributed by atoms with Gasteiger partial charge in [-0.15, -0.1) is 0 Å². The van der Waals surface area contributed by atoms with Crippen LogP contribution in [0.3, 0.4) is 0 Å². The molecule has 0 spiro atoms. The normalized spacial score (nSPS) is 16.1. The molecule has 0 atom stereocenters.